The van der Waals surface area contributed by atoms with Crippen molar-refractivity contribution in [3.63, 3.8) is 0 Å². The Bertz CT molecular complexity index is 1020. The smallest absolute Gasteiger partial charge is 0.160 e. The molecule has 0 atom stereocenters. The molecule has 0 bridgehead atoms. The summed E-state index contributed by atoms with van der Waals surface area (Å²) in [6.45, 7) is 0. The van der Waals surface area contributed by atoms with Gasteiger partial charge in [-0.05, 0) is 62.3 Å². The van der Waals surface area contributed by atoms with E-state index in [9.17, 15) is 4.79 Å². The van der Waals surface area contributed by atoms with Gasteiger partial charge < -0.3 is 0 Å². The number of Topliss-reactive ketones (excluding diaryl/α,β-unsaturated/α-hetero) is 1. The van der Waals surface area contributed by atoms with Crippen LogP contribution in [0.25, 0.3) is 33.7 Å². The molecule has 0 aromatic heterocycles. The Morgan fingerprint density at radius 3 is 2.52 bits per heavy atom. The lowest BCUT2D eigenvalue weighted by atomic mass is 9.97. The van der Waals surface area contributed by atoms with Crippen LogP contribution in [-0.4, -0.2) is 11.0 Å². The number of benzene rings is 3. The van der Waals surface area contributed by atoms with Crippen molar-refractivity contribution < 1.29 is 10.0 Å². The number of rotatable bonds is 1. The van der Waals surface area contributed by atoms with Gasteiger partial charge in [0.25, 0.3) is 0 Å². The van der Waals surface area contributed by atoms with Gasteiger partial charge in [-0.1, -0.05) is 24.3 Å². The van der Waals surface area contributed by atoms with Crippen LogP contribution in [0.15, 0.2) is 42.5 Å². The van der Waals surface area contributed by atoms with Crippen molar-refractivity contribution in [3.8, 4) is 0 Å². The lowest BCUT2D eigenvalue weighted by molar-refractivity contribution is -0.112. The third kappa shape index (κ3) is 1.90. The summed E-state index contributed by atoms with van der Waals surface area (Å²) >= 11 is 0. The van der Waals surface area contributed by atoms with Crippen molar-refractivity contribution in [1.29, 1.82) is 0 Å². The number of nitrogens with one attached hydrogen (secondary N) is 1. The molecule has 3 aromatic carbocycles. The Balaban J connectivity index is 2.16. The molecule has 4 rings (SSSR count). The minimum absolute atomic E-state index is 0.148. The molecule has 0 saturated carbocycles. The van der Waals surface area contributed by atoms with E-state index < -0.39 is 0 Å². The first-order valence-electron chi connectivity index (χ1n) is 6.86. The maximum absolute atomic E-state index is 11.5. The van der Waals surface area contributed by atoms with Gasteiger partial charge in [0.05, 0.1) is 5.69 Å². The summed E-state index contributed by atoms with van der Waals surface area (Å²) in [6.07, 6.45) is 4.15. The van der Waals surface area contributed by atoms with Gasteiger partial charge in [0.2, 0.25) is 0 Å². The summed E-state index contributed by atoms with van der Waals surface area (Å²) in [7, 11) is 0. The van der Waals surface area contributed by atoms with E-state index in [1.54, 1.807) is 6.08 Å². The summed E-state index contributed by atoms with van der Waals surface area (Å²) in [5.41, 5.74) is 2.86. The summed E-state index contributed by atoms with van der Waals surface area (Å²) < 4.78 is 0. The average molecular weight is 275 g/mol. The summed E-state index contributed by atoms with van der Waals surface area (Å²) in [6, 6.07) is 14.0. The first-order valence-corrected chi connectivity index (χ1v) is 6.86. The molecule has 1 aliphatic carbocycles. The van der Waals surface area contributed by atoms with E-state index in [2.05, 4.69) is 29.7 Å². The second-order valence-corrected chi connectivity index (χ2v) is 5.33. The molecule has 0 aliphatic heterocycles. The van der Waals surface area contributed by atoms with E-state index >= 15 is 0 Å². The third-order valence-electron chi connectivity index (χ3n) is 4.01. The molecule has 0 saturated heterocycles. The molecule has 1 aliphatic rings. The van der Waals surface area contributed by atoms with Gasteiger partial charge in [-0.25, -0.2) is 0 Å². The highest BCUT2D eigenvalue weighted by atomic mass is 16.5. The van der Waals surface area contributed by atoms with E-state index in [0.717, 1.165) is 32.0 Å². The lowest BCUT2D eigenvalue weighted by Crippen LogP contribution is -2.28. The fourth-order valence-corrected chi connectivity index (χ4v) is 2.95. The largest absolute Gasteiger partial charge is 0.294 e. The molecule has 102 valence electrons. The Labute approximate surface area is 120 Å². The fourth-order valence-electron chi connectivity index (χ4n) is 2.95. The lowest BCUT2D eigenvalue weighted by Gasteiger charge is -2.08. The number of fused-ring (bicyclic) bond motifs is 4. The highest BCUT2D eigenvalue weighted by molar-refractivity contribution is 6.11. The van der Waals surface area contributed by atoms with Gasteiger partial charge in [0.15, 0.2) is 5.78 Å². The molecule has 2 N–H and O–H groups in total. The molecule has 3 nitrogen and oxygen atoms in total. The van der Waals surface area contributed by atoms with Crippen molar-refractivity contribution in [2.24, 2.45) is 0 Å². The van der Waals surface area contributed by atoms with Crippen LogP contribution < -0.4 is 15.9 Å². The number of carbonyl (C=O) groups excluding carboxylic acids is 1. The van der Waals surface area contributed by atoms with E-state index in [4.69, 9.17) is 5.21 Å². The maximum Gasteiger partial charge on any atom is 0.160 e. The third-order valence-corrected chi connectivity index (χ3v) is 4.01. The molecule has 0 spiro atoms. The molecular weight excluding hydrogens is 262 g/mol. The van der Waals surface area contributed by atoms with Gasteiger partial charge >= 0.3 is 0 Å². The Hall–Kier alpha value is -2.65. The molecule has 0 amide bonds. The number of anilines is 1. The van der Waals surface area contributed by atoms with Crippen LogP contribution in [0.1, 0.15) is 6.42 Å². The monoisotopic (exact) mass is 275 g/mol. The SMILES string of the molecule is O=C1C=c2cc3ccc4ccc(NO)cc4c3cc2=CC1. The van der Waals surface area contributed by atoms with Crippen molar-refractivity contribution in [2.75, 3.05) is 5.48 Å². The van der Waals surface area contributed by atoms with Gasteiger partial charge in [0, 0.05) is 6.42 Å². The molecule has 0 radical (unpaired) electrons. The van der Waals surface area contributed by atoms with Crippen molar-refractivity contribution in [3.05, 3.63) is 52.9 Å². The summed E-state index contributed by atoms with van der Waals surface area (Å²) in [5.74, 6) is 0.148. The minimum Gasteiger partial charge on any atom is -0.294 e. The Morgan fingerprint density at radius 1 is 0.905 bits per heavy atom. The van der Waals surface area contributed by atoms with Gasteiger partial charge in [-0.2, -0.15) is 0 Å². The molecule has 0 fully saturated rings. The maximum atomic E-state index is 11.5. The van der Waals surface area contributed by atoms with Crippen molar-refractivity contribution in [1.82, 2.24) is 0 Å². The van der Waals surface area contributed by atoms with E-state index in [0.29, 0.717) is 12.1 Å². The molecule has 0 heterocycles. The zero-order valence-corrected chi connectivity index (χ0v) is 11.3. The normalized spacial score (nSPS) is 13.7. The predicted octanol–water partition coefficient (Wildman–Crippen LogP) is 2.33. The summed E-state index contributed by atoms with van der Waals surface area (Å²) in [5, 5.41) is 15.6. The predicted molar refractivity (Wildman–Crippen MR) is 84.7 cm³/mol. The number of carbonyl (C=O) groups is 1. The van der Waals surface area contributed by atoms with Crippen LogP contribution in [0.4, 0.5) is 5.69 Å². The van der Waals surface area contributed by atoms with Crippen LogP contribution in [0.5, 0.6) is 0 Å². The zero-order chi connectivity index (χ0) is 14.4. The Morgan fingerprint density at radius 2 is 1.67 bits per heavy atom. The van der Waals surface area contributed by atoms with E-state index in [-0.39, 0.29) is 5.78 Å². The highest BCUT2D eigenvalue weighted by Crippen LogP contribution is 2.26. The molecular formula is C18H13NO2. The minimum atomic E-state index is 0.148. The second kappa shape index (κ2) is 4.43. The van der Waals surface area contributed by atoms with Gasteiger partial charge in [-0.15, -0.1) is 0 Å². The zero-order valence-electron chi connectivity index (χ0n) is 11.3. The summed E-state index contributed by atoms with van der Waals surface area (Å²) in [4.78, 5) is 11.5. The first kappa shape index (κ1) is 12.1. The van der Waals surface area contributed by atoms with Crippen LogP contribution >= 0.6 is 0 Å². The van der Waals surface area contributed by atoms with Gasteiger partial charge in [0.1, 0.15) is 0 Å². The van der Waals surface area contributed by atoms with Crippen LogP contribution in [0, 0.1) is 0 Å². The van der Waals surface area contributed by atoms with E-state index in [1.165, 1.54) is 0 Å². The molecule has 3 aromatic rings. The standard InChI is InChI=1S/C18H13NO2/c20-16-6-4-12-9-17-13(7-14(12)8-16)2-1-11-3-5-15(19-21)10-18(11)17/h1-5,7-10,19,21H,6H2. The van der Waals surface area contributed by atoms with Crippen LogP contribution in [-0.2, 0) is 4.79 Å². The van der Waals surface area contributed by atoms with Crippen molar-refractivity contribution >= 4 is 45.2 Å². The number of hydrogen-bond acceptors (Lipinski definition) is 3. The second-order valence-electron chi connectivity index (χ2n) is 5.33. The molecule has 0 unspecified atom stereocenters. The fraction of sp³-hybridized carbons (Fsp3) is 0.0556. The number of ketones is 1. The van der Waals surface area contributed by atoms with Crippen LogP contribution in [0.3, 0.4) is 0 Å². The topological polar surface area (TPSA) is 49.3 Å². The molecule has 3 heteroatoms. The van der Waals surface area contributed by atoms with Crippen molar-refractivity contribution in [2.45, 2.75) is 6.42 Å². The van der Waals surface area contributed by atoms with Crippen LogP contribution in [0.2, 0.25) is 0 Å². The van der Waals surface area contributed by atoms with E-state index in [1.807, 2.05) is 24.3 Å². The quantitative estimate of drug-likeness (QED) is 0.529. The Kier molecular flexibility index (Phi) is 2.56. The highest BCUT2D eigenvalue weighted by Gasteiger charge is 2.06. The average Bonchev–Trinajstić information content (AvgIpc) is 2.52. The molecule has 21 heavy (non-hydrogen) atoms. The van der Waals surface area contributed by atoms with Gasteiger partial charge in [-0.3, -0.25) is 15.5 Å². The first-order chi connectivity index (χ1) is 10.2. The number of hydrogen-bond donors (Lipinski definition) is 2.